The predicted molar refractivity (Wildman–Crippen MR) is 97.4 cm³/mol. The van der Waals surface area contributed by atoms with Crippen LogP contribution < -0.4 is 4.74 Å². The molecule has 1 aromatic heterocycles. The number of hydrogen-bond acceptors (Lipinski definition) is 5. The van der Waals surface area contributed by atoms with Crippen LogP contribution in [-0.2, 0) is 14.3 Å². The van der Waals surface area contributed by atoms with Gasteiger partial charge in [0.1, 0.15) is 5.52 Å². The lowest BCUT2D eigenvalue weighted by Gasteiger charge is -2.16. The van der Waals surface area contributed by atoms with Gasteiger partial charge in [-0.05, 0) is 25.1 Å². The number of benzene rings is 1. The minimum atomic E-state index is -0.663. The topological polar surface area (TPSA) is 65.5 Å². The van der Waals surface area contributed by atoms with Crippen LogP contribution in [0.4, 0.5) is 0 Å². The summed E-state index contributed by atoms with van der Waals surface area (Å²) < 4.78 is 10.4. The molecule has 0 fully saturated rings. The molecule has 0 N–H and O–H groups in total. The first kappa shape index (κ1) is 19.5. The molecular formula is C18H19Cl2NO4. The standard InChI is InChI=1S/C18H19Cl2NO4/c1-10-5-6-11-12(19)7-13(20)17(16(11)21-10)25-9-15(23)24-8-14(22)18(2,3)4/h5-7H,8-9H2,1-4H3. The Morgan fingerprint density at radius 3 is 2.44 bits per heavy atom. The molecule has 0 unspecified atom stereocenters. The number of carbonyl (C=O) groups excluding carboxylic acids is 2. The third-order valence-electron chi connectivity index (χ3n) is 3.51. The number of rotatable bonds is 5. The first-order valence-corrected chi connectivity index (χ1v) is 8.42. The maximum atomic E-state index is 11.8. The van der Waals surface area contributed by atoms with E-state index in [4.69, 9.17) is 32.7 Å². The lowest BCUT2D eigenvalue weighted by Crippen LogP contribution is -2.27. The smallest absolute Gasteiger partial charge is 0.344 e. The van der Waals surface area contributed by atoms with Gasteiger partial charge in [0.2, 0.25) is 0 Å². The number of ketones is 1. The van der Waals surface area contributed by atoms with Crippen molar-refractivity contribution < 1.29 is 19.1 Å². The maximum Gasteiger partial charge on any atom is 0.344 e. The maximum absolute atomic E-state index is 11.8. The molecule has 0 amide bonds. The van der Waals surface area contributed by atoms with Crippen molar-refractivity contribution in [3.8, 4) is 5.75 Å². The summed E-state index contributed by atoms with van der Waals surface area (Å²) >= 11 is 12.3. The molecule has 0 aliphatic rings. The van der Waals surface area contributed by atoms with Crippen molar-refractivity contribution in [2.75, 3.05) is 13.2 Å². The second kappa shape index (κ2) is 7.58. The number of esters is 1. The Morgan fingerprint density at radius 2 is 1.80 bits per heavy atom. The molecule has 7 heteroatoms. The van der Waals surface area contributed by atoms with Gasteiger partial charge in [-0.1, -0.05) is 44.0 Å². The van der Waals surface area contributed by atoms with Crippen LogP contribution in [0.1, 0.15) is 26.5 Å². The van der Waals surface area contributed by atoms with Crippen LogP contribution in [0.2, 0.25) is 10.0 Å². The Morgan fingerprint density at radius 1 is 1.12 bits per heavy atom. The number of fused-ring (bicyclic) bond motifs is 1. The zero-order valence-electron chi connectivity index (χ0n) is 14.5. The largest absolute Gasteiger partial charge is 0.478 e. The van der Waals surface area contributed by atoms with Crippen molar-refractivity contribution in [2.24, 2.45) is 5.41 Å². The Hall–Kier alpha value is -1.85. The highest BCUT2D eigenvalue weighted by molar-refractivity contribution is 6.39. The van der Waals surface area contributed by atoms with Gasteiger partial charge in [0.15, 0.2) is 24.7 Å². The molecule has 0 aliphatic carbocycles. The van der Waals surface area contributed by atoms with Crippen LogP contribution in [-0.4, -0.2) is 30.0 Å². The number of carbonyl (C=O) groups is 2. The van der Waals surface area contributed by atoms with E-state index in [0.29, 0.717) is 15.9 Å². The van der Waals surface area contributed by atoms with E-state index in [1.807, 2.05) is 19.1 Å². The SMILES string of the molecule is Cc1ccc2c(Cl)cc(Cl)c(OCC(=O)OCC(=O)C(C)(C)C)c2n1. The predicted octanol–water partition coefficient (Wildman–Crippen LogP) is 4.39. The number of pyridine rings is 1. The first-order valence-electron chi connectivity index (χ1n) is 7.66. The molecule has 25 heavy (non-hydrogen) atoms. The van der Waals surface area contributed by atoms with Gasteiger partial charge in [0, 0.05) is 16.5 Å². The van der Waals surface area contributed by atoms with Gasteiger partial charge < -0.3 is 9.47 Å². The Labute approximate surface area is 156 Å². The second-order valence-corrected chi connectivity index (χ2v) is 7.46. The van der Waals surface area contributed by atoms with Gasteiger partial charge >= 0.3 is 5.97 Å². The van der Waals surface area contributed by atoms with E-state index in [9.17, 15) is 9.59 Å². The van der Waals surface area contributed by atoms with Crippen molar-refractivity contribution in [1.82, 2.24) is 4.98 Å². The third-order valence-corrected chi connectivity index (χ3v) is 4.11. The average molecular weight is 384 g/mol. The summed E-state index contributed by atoms with van der Waals surface area (Å²) in [6.45, 7) is 6.42. The molecular weight excluding hydrogens is 365 g/mol. The number of hydrogen-bond donors (Lipinski definition) is 0. The zero-order valence-corrected chi connectivity index (χ0v) is 16.0. The van der Waals surface area contributed by atoms with Gasteiger partial charge in [0.05, 0.1) is 10.0 Å². The van der Waals surface area contributed by atoms with Crippen LogP contribution in [0.25, 0.3) is 10.9 Å². The van der Waals surface area contributed by atoms with E-state index in [1.54, 1.807) is 20.8 Å². The van der Waals surface area contributed by atoms with Gasteiger partial charge in [-0.3, -0.25) is 4.79 Å². The highest BCUT2D eigenvalue weighted by Crippen LogP contribution is 2.37. The fourth-order valence-electron chi connectivity index (χ4n) is 1.96. The summed E-state index contributed by atoms with van der Waals surface area (Å²) in [5.41, 5.74) is 0.656. The Balaban J connectivity index is 2.12. The van der Waals surface area contributed by atoms with Crippen LogP contribution in [0.15, 0.2) is 18.2 Å². The number of nitrogens with zero attached hydrogens (tertiary/aromatic N) is 1. The van der Waals surface area contributed by atoms with E-state index in [0.717, 1.165) is 5.69 Å². The second-order valence-electron chi connectivity index (χ2n) is 6.64. The zero-order chi connectivity index (χ0) is 18.8. The molecule has 0 radical (unpaired) electrons. The molecule has 134 valence electrons. The summed E-state index contributed by atoms with van der Waals surface area (Å²) in [7, 11) is 0. The number of halogens is 2. The monoisotopic (exact) mass is 383 g/mol. The summed E-state index contributed by atoms with van der Waals surface area (Å²) in [6, 6.07) is 5.16. The molecule has 0 saturated heterocycles. The molecule has 0 atom stereocenters. The number of aryl methyl sites for hydroxylation is 1. The molecule has 0 saturated carbocycles. The van der Waals surface area contributed by atoms with Crippen molar-refractivity contribution in [3.63, 3.8) is 0 Å². The normalized spacial score (nSPS) is 11.4. The van der Waals surface area contributed by atoms with Gasteiger partial charge in [0.25, 0.3) is 0 Å². The van der Waals surface area contributed by atoms with Gasteiger partial charge in [-0.15, -0.1) is 0 Å². The summed E-state index contributed by atoms with van der Waals surface area (Å²) in [6.07, 6.45) is 0. The third kappa shape index (κ3) is 4.83. The first-order chi connectivity index (χ1) is 11.6. The van der Waals surface area contributed by atoms with Crippen molar-refractivity contribution in [1.29, 1.82) is 0 Å². The molecule has 0 aliphatic heterocycles. The average Bonchev–Trinajstić information content (AvgIpc) is 2.50. The number of ether oxygens (including phenoxy) is 2. The molecule has 1 heterocycles. The highest BCUT2D eigenvalue weighted by Gasteiger charge is 2.23. The van der Waals surface area contributed by atoms with Gasteiger partial charge in [-0.2, -0.15) is 0 Å². The van der Waals surface area contributed by atoms with Crippen LogP contribution in [0.5, 0.6) is 5.75 Å². The van der Waals surface area contributed by atoms with Crippen molar-refractivity contribution in [2.45, 2.75) is 27.7 Å². The fraction of sp³-hybridized carbons (Fsp3) is 0.389. The van der Waals surface area contributed by atoms with E-state index < -0.39 is 11.4 Å². The summed E-state index contributed by atoms with van der Waals surface area (Å²) in [5.74, 6) is -0.582. The van der Waals surface area contributed by atoms with Crippen LogP contribution in [0, 0.1) is 12.3 Å². The van der Waals surface area contributed by atoms with Crippen LogP contribution >= 0.6 is 23.2 Å². The molecule has 0 spiro atoms. The molecule has 2 rings (SSSR count). The van der Waals surface area contributed by atoms with Crippen LogP contribution in [0.3, 0.4) is 0 Å². The van der Waals surface area contributed by atoms with Gasteiger partial charge in [-0.25, -0.2) is 9.78 Å². The highest BCUT2D eigenvalue weighted by atomic mass is 35.5. The lowest BCUT2D eigenvalue weighted by molar-refractivity contribution is -0.151. The fourth-order valence-corrected chi connectivity index (χ4v) is 2.53. The summed E-state index contributed by atoms with van der Waals surface area (Å²) in [4.78, 5) is 28.0. The van der Waals surface area contributed by atoms with E-state index in [-0.39, 0.29) is 29.8 Å². The van der Waals surface area contributed by atoms with E-state index in [2.05, 4.69) is 4.98 Å². The number of aromatic nitrogens is 1. The van der Waals surface area contributed by atoms with E-state index >= 15 is 0 Å². The Kier molecular flexibility index (Phi) is 5.91. The van der Waals surface area contributed by atoms with E-state index in [1.165, 1.54) is 6.07 Å². The summed E-state index contributed by atoms with van der Waals surface area (Å²) in [5, 5.41) is 1.36. The molecule has 5 nitrogen and oxygen atoms in total. The minimum Gasteiger partial charge on any atom is -0.478 e. The number of Topliss-reactive ketones (excluding diaryl/α,β-unsaturated/α-hetero) is 1. The molecule has 1 aromatic carbocycles. The minimum absolute atomic E-state index is 0.173. The Bertz CT molecular complexity index is 828. The lowest BCUT2D eigenvalue weighted by atomic mass is 9.91. The molecule has 2 aromatic rings. The van der Waals surface area contributed by atoms with Crippen molar-refractivity contribution in [3.05, 3.63) is 33.9 Å². The molecule has 0 bridgehead atoms. The van der Waals surface area contributed by atoms with Crippen molar-refractivity contribution >= 4 is 45.9 Å². The quantitative estimate of drug-likeness (QED) is 0.716.